The Balaban J connectivity index is 2.07. The van der Waals surface area contributed by atoms with Gasteiger partial charge in [0.15, 0.2) is 0 Å². The van der Waals surface area contributed by atoms with Crippen molar-refractivity contribution < 1.29 is 4.79 Å². The third-order valence-corrected chi connectivity index (χ3v) is 3.84. The van der Waals surface area contributed by atoms with Crippen molar-refractivity contribution in [2.24, 2.45) is 0 Å². The second-order valence-electron chi connectivity index (χ2n) is 5.17. The van der Waals surface area contributed by atoms with Crippen molar-refractivity contribution in [1.29, 1.82) is 0 Å². The van der Waals surface area contributed by atoms with Crippen molar-refractivity contribution in [2.45, 2.75) is 12.5 Å². The van der Waals surface area contributed by atoms with E-state index in [0.717, 1.165) is 15.7 Å². The lowest BCUT2D eigenvalue weighted by molar-refractivity contribution is -0.120. The second kappa shape index (κ2) is 7.38. The fraction of sp³-hybridized carbons (Fsp3) is 0.235. The monoisotopic (exact) mass is 346 g/mol. The van der Waals surface area contributed by atoms with Crippen molar-refractivity contribution in [3.63, 3.8) is 0 Å². The molecule has 110 valence electrons. The summed E-state index contributed by atoms with van der Waals surface area (Å²) in [6, 6.07) is 17.5. The van der Waals surface area contributed by atoms with Crippen LogP contribution in [0, 0.1) is 0 Å². The van der Waals surface area contributed by atoms with E-state index in [4.69, 9.17) is 0 Å². The third-order valence-electron chi connectivity index (χ3n) is 3.31. The molecule has 0 bridgehead atoms. The van der Waals surface area contributed by atoms with Gasteiger partial charge in [0, 0.05) is 10.2 Å². The number of hydrogen-bond donors (Lipinski definition) is 1. The number of amides is 1. The van der Waals surface area contributed by atoms with Gasteiger partial charge < -0.3 is 5.32 Å². The topological polar surface area (TPSA) is 32.3 Å². The molecule has 1 unspecified atom stereocenters. The number of carbonyl (C=O) groups excluding carboxylic acids is 1. The van der Waals surface area contributed by atoms with Gasteiger partial charge in [0.25, 0.3) is 0 Å². The first-order valence-corrected chi connectivity index (χ1v) is 7.62. The van der Waals surface area contributed by atoms with Crippen LogP contribution in [-0.4, -0.2) is 30.9 Å². The van der Waals surface area contributed by atoms with Gasteiger partial charge in [0.2, 0.25) is 5.91 Å². The maximum atomic E-state index is 12.5. The molecule has 0 aromatic heterocycles. The Labute approximate surface area is 134 Å². The number of hydrogen-bond acceptors (Lipinski definition) is 2. The first kappa shape index (κ1) is 15.7. The molecule has 2 aromatic rings. The number of likely N-dealkylation sites (N-methyl/N-ethyl adjacent to an activating group) is 1. The lowest BCUT2D eigenvalue weighted by Gasteiger charge is -2.23. The average molecular weight is 347 g/mol. The molecule has 21 heavy (non-hydrogen) atoms. The van der Waals surface area contributed by atoms with Gasteiger partial charge in [-0.15, -0.1) is 0 Å². The molecule has 1 atom stereocenters. The normalized spacial score (nSPS) is 12.2. The molecule has 0 saturated carbocycles. The summed E-state index contributed by atoms with van der Waals surface area (Å²) in [5, 5.41) is 2.97. The molecule has 0 radical (unpaired) electrons. The molecule has 0 spiro atoms. The number of halogens is 1. The summed E-state index contributed by atoms with van der Waals surface area (Å²) in [4.78, 5) is 14.4. The second-order valence-corrected chi connectivity index (χ2v) is 6.08. The van der Waals surface area contributed by atoms with Crippen LogP contribution in [0.5, 0.6) is 0 Å². The van der Waals surface area contributed by atoms with Crippen molar-refractivity contribution in [3.8, 4) is 0 Å². The minimum absolute atomic E-state index is 0.00572. The molecular weight excluding hydrogens is 328 g/mol. The largest absolute Gasteiger partial charge is 0.325 e. The van der Waals surface area contributed by atoms with Crippen LogP contribution in [0.1, 0.15) is 5.56 Å². The maximum absolute atomic E-state index is 12.5. The number of nitrogens with one attached hydrogen (secondary N) is 1. The van der Waals surface area contributed by atoms with Gasteiger partial charge in [-0.2, -0.15) is 0 Å². The lowest BCUT2D eigenvalue weighted by Crippen LogP contribution is -2.41. The highest BCUT2D eigenvalue weighted by molar-refractivity contribution is 9.10. The van der Waals surface area contributed by atoms with Crippen LogP contribution < -0.4 is 5.32 Å². The maximum Gasteiger partial charge on any atom is 0.242 e. The van der Waals surface area contributed by atoms with E-state index in [1.807, 2.05) is 73.6 Å². The molecule has 4 heteroatoms. The van der Waals surface area contributed by atoms with Crippen LogP contribution in [0.25, 0.3) is 0 Å². The van der Waals surface area contributed by atoms with Crippen molar-refractivity contribution in [2.75, 3.05) is 19.4 Å². The van der Waals surface area contributed by atoms with Gasteiger partial charge in [-0.3, -0.25) is 9.69 Å². The molecular formula is C17H19BrN2O. The first-order chi connectivity index (χ1) is 10.1. The van der Waals surface area contributed by atoms with Crippen molar-refractivity contribution in [1.82, 2.24) is 4.90 Å². The minimum Gasteiger partial charge on any atom is -0.325 e. The van der Waals surface area contributed by atoms with E-state index < -0.39 is 0 Å². The molecule has 0 aliphatic heterocycles. The van der Waals surface area contributed by atoms with Gasteiger partial charge in [-0.05, 0) is 50.3 Å². The van der Waals surface area contributed by atoms with E-state index >= 15 is 0 Å². The van der Waals surface area contributed by atoms with E-state index in [0.29, 0.717) is 6.42 Å². The summed E-state index contributed by atoms with van der Waals surface area (Å²) in [7, 11) is 3.85. The van der Waals surface area contributed by atoms with E-state index in [1.165, 1.54) is 0 Å². The molecule has 2 rings (SSSR count). The standard InChI is InChI=1S/C17H19BrN2O/c1-20(2)16(12-13-6-4-3-5-7-13)17(21)19-15-10-8-14(18)9-11-15/h3-11,16H,12H2,1-2H3,(H,19,21). The highest BCUT2D eigenvalue weighted by Crippen LogP contribution is 2.15. The molecule has 0 aliphatic carbocycles. The van der Waals surface area contributed by atoms with E-state index in [2.05, 4.69) is 21.2 Å². The smallest absolute Gasteiger partial charge is 0.242 e. The Morgan fingerprint density at radius 2 is 1.71 bits per heavy atom. The molecule has 0 saturated heterocycles. The Morgan fingerprint density at radius 3 is 2.29 bits per heavy atom. The molecule has 2 aromatic carbocycles. The predicted molar refractivity (Wildman–Crippen MR) is 90.4 cm³/mol. The van der Waals surface area contributed by atoms with Gasteiger partial charge in [0.1, 0.15) is 0 Å². The quantitative estimate of drug-likeness (QED) is 0.897. The fourth-order valence-electron chi connectivity index (χ4n) is 2.11. The highest BCUT2D eigenvalue weighted by atomic mass is 79.9. The summed E-state index contributed by atoms with van der Waals surface area (Å²) in [6.07, 6.45) is 0.691. The molecule has 0 fully saturated rings. The molecule has 1 amide bonds. The zero-order chi connectivity index (χ0) is 15.2. The van der Waals surface area contributed by atoms with Crippen LogP contribution in [-0.2, 0) is 11.2 Å². The summed E-state index contributed by atoms with van der Waals surface area (Å²) in [6.45, 7) is 0. The van der Waals surface area contributed by atoms with Crippen molar-refractivity contribution >= 4 is 27.5 Å². The Hall–Kier alpha value is -1.65. The van der Waals surface area contributed by atoms with Crippen LogP contribution in [0.3, 0.4) is 0 Å². The Morgan fingerprint density at radius 1 is 1.10 bits per heavy atom. The van der Waals surface area contributed by atoms with Gasteiger partial charge in [-0.1, -0.05) is 46.3 Å². The molecule has 1 N–H and O–H groups in total. The summed E-state index contributed by atoms with van der Waals surface area (Å²) in [5.74, 6) is 0.00572. The average Bonchev–Trinajstić information content (AvgIpc) is 2.48. The summed E-state index contributed by atoms with van der Waals surface area (Å²) in [5.41, 5.74) is 1.96. The van der Waals surface area contributed by atoms with E-state index in [1.54, 1.807) is 0 Å². The van der Waals surface area contributed by atoms with Gasteiger partial charge in [0.05, 0.1) is 6.04 Å². The first-order valence-electron chi connectivity index (χ1n) is 6.83. The van der Waals surface area contributed by atoms with Crippen LogP contribution >= 0.6 is 15.9 Å². The highest BCUT2D eigenvalue weighted by Gasteiger charge is 2.21. The number of benzene rings is 2. The van der Waals surface area contributed by atoms with Gasteiger partial charge in [-0.25, -0.2) is 0 Å². The lowest BCUT2D eigenvalue weighted by atomic mass is 10.0. The molecule has 0 heterocycles. The van der Waals surface area contributed by atoms with Crippen LogP contribution in [0.15, 0.2) is 59.1 Å². The van der Waals surface area contributed by atoms with E-state index in [9.17, 15) is 4.79 Å². The minimum atomic E-state index is -0.198. The predicted octanol–water partition coefficient (Wildman–Crippen LogP) is 3.56. The number of rotatable bonds is 5. The van der Waals surface area contributed by atoms with Gasteiger partial charge >= 0.3 is 0 Å². The van der Waals surface area contributed by atoms with E-state index in [-0.39, 0.29) is 11.9 Å². The Bertz CT molecular complexity index is 581. The third kappa shape index (κ3) is 4.69. The molecule has 0 aliphatic rings. The zero-order valence-corrected chi connectivity index (χ0v) is 13.8. The number of anilines is 1. The summed E-state index contributed by atoms with van der Waals surface area (Å²) < 4.78 is 0.994. The number of carbonyl (C=O) groups is 1. The van der Waals surface area contributed by atoms with Crippen molar-refractivity contribution in [3.05, 3.63) is 64.6 Å². The van der Waals surface area contributed by atoms with Crippen LogP contribution in [0.2, 0.25) is 0 Å². The SMILES string of the molecule is CN(C)C(Cc1ccccc1)C(=O)Nc1ccc(Br)cc1. The van der Waals surface area contributed by atoms with Crippen LogP contribution in [0.4, 0.5) is 5.69 Å². The Kier molecular flexibility index (Phi) is 5.53. The fourth-order valence-corrected chi connectivity index (χ4v) is 2.37. The zero-order valence-electron chi connectivity index (χ0n) is 12.2. The molecule has 3 nitrogen and oxygen atoms in total. The summed E-state index contributed by atoms with van der Waals surface area (Å²) >= 11 is 3.39. The number of nitrogens with zero attached hydrogens (tertiary/aromatic N) is 1.